The Hall–Kier alpha value is -3.42. The van der Waals surface area contributed by atoms with Gasteiger partial charge in [-0.05, 0) is 51.0 Å². The number of carbonyl (C=O) groups excluding carboxylic acids is 2. The SMILES string of the molecule is Cc1ccc2c(c1)N(CCC(=O)Nc1cc([N+](=O)[O-])ccc1C)C(=O)C(C)(C)O2. The molecule has 3 rings (SSSR count). The molecule has 1 aliphatic heterocycles. The van der Waals surface area contributed by atoms with E-state index in [0.29, 0.717) is 22.7 Å². The molecule has 2 aromatic carbocycles. The summed E-state index contributed by atoms with van der Waals surface area (Å²) in [5, 5.41) is 13.7. The van der Waals surface area contributed by atoms with Gasteiger partial charge in [-0.3, -0.25) is 19.7 Å². The summed E-state index contributed by atoms with van der Waals surface area (Å²) in [7, 11) is 0. The molecule has 0 atom stereocenters. The molecule has 0 saturated carbocycles. The molecular formula is C21H23N3O5. The Morgan fingerprint density at radius 1 is 1.21 bits per heavy atom. The molecule has 8 nitrogen and oxygen atoms in total. The van der Waals surface area contributed by atoms with Crippen LogP contribution in [-0.2, 0) is 9.59 Å². The molecule has 8 heteroatoms. The number of ether oxygens (including phenoxy) is 1. The highest BCUT2D eigenvalue weighted by Crippen LogP contribution is 2.38. The van der Waals surface area contributed by atoms with E-state index in [2.05, 4.69) is 5.32 Å². The molecule has 0 radical (unpaired) electrons. The number of hydrogen-bond acceptors (Lipinski definition) is 5. The molecule has 0 spiro atoms. The number of aryl methyl sites for hydroxylation is 2. The smallest absolute Gasteiger partial charge is 0.271 e. The number of nitrogens with zero attached hydrogens (tertiary/aromatic N) is 2. The van der Waals surface area contributed by atoms with Gasteiger partial charge in [-0.2, -0.15) is 0 Å². The van der Waals surface area contributed by atoms with E-state index >= 15 is 0 Å². The fourth-order valence-electron chi connectivity index (χ4n) is 3.18. The maximum Gasteiger partial charge on any atom is 0.271 e. The van der Waals surface area contributed by atoms with Crippen LogP contribution in [0.4, 0.5) is 17.1 Å². The Morgan fingerprint density at radius 2 is 1.93 bits per heavy atom. The summed E-state index contributed by atoms with van der Waals surface area (Å²) in [4.78, 5) is 37.4. The number of non-ortho nitro benzene ring substituents is 1. The van der Waals surface area contributed by atoms with E-state index in [1.54, 1.807) is 31.7 Å². The molecule has 2 amide bonds. The van der Waals surface area contributed by atoms with Crippen LogP contribution < -0.4 is 15.0 Å². The monoisotopic (exact) mass is 397 g/mol. The number of anilines is 2. The molecule has 0 aliphatic carbocycles. The van der Waals surface area contributed by atoms with Crippen molar-refractivity contribution in [3.05, 3.63) is 57.6 Å². The predicted molar refractivity (Wildman–Crippen MR) is 109 cm³/mol. The van der Waals surface area contributed by atoms with E-state index in [-0.39, 0.29) is 30.5 Å². The second kappa shape index (κ2) is 7.54. The van der Waals surface area contributed by atoms with Gasteiger partial charge in [0.2, 0.25) is 5.91 Å². The molecule has 152 valence electrons. The van der Waals surface area contributed by atoms with E-state index in [1.807, 2.05) is 25.1 Å². The van der Waals surface area contributed by atoms with Crippen LogP contribution in [0.2, 0.25) is 0 Å². The van der Waals surface area contributed by atoms with Gasteiger partial charge in [-0.1, -0.05) is 12.1 Å². The lowest BCUT2D eigenvalue weighted by molar-refractivity contribution is -0.384. The van der Waals surface area contributed by atoms with Gasteiger partial charge in [0.05, 0.1) is 16.3 Å². The van der Waals surface area contributed by atoms with Gasteiger partial charge in [0, 0.05) is 25.1 Å². The zero-order valence-corrected chi connectivity index (χ0v) is 16.8. The van der Waals surface area contributed by atoms with Crippen LogP contribution in [0.25, 0.3) is 0 Å². The van der Waals surface area contributed by atoms with Crippen molar-refractivity contribution in [3.63, 3.8) is 0 Å². The van der Waals surface area contributed by atoms with Gasteiger partial charge in [-0.25, -0.2) is 0 Å². The summed E-state index contributed by atoms with van der Waals surface area (Å²) in [6.45, 7) is 7.23. The summed E-state index contributed by atoms with van der Waals surface area (Å²) in [6, 6.07) is 9.87. The van der Waals surface area contributed by atoms with E-state index in [9.17, 15) is 19.7 Å². The first-order chi connectivity index (χ1) is 13.6. The van der Waals surface area contributed by atoms with Crippen molar-refractivity contribution >= 4 is 28.9 Å². The maximum atomic E-state index is 12.9. The average Bonchev–Trinajstić information content (AvgIpc) is 2.64. The molecule has 1 aliphatic rings. The fourth-order valence-corrected chi connectivity index (χ4v) is 3.18. The van der Waals surface area contributed by atoms with Crippen LogP contribution in [-0.4, -0.2) is 28.9 Å². The van der Waals surface area contributed by atoms with Gasteiger partial charge in [0.25, 0.3) is 11.6 Å². The topological polar surface area (TPSA) is 102 Å². The molecule has 29 heavy (non-hydrogen) atoms. The average molecular weight is 397 g/mol. The Balaban J connectivity index is 1.76. The van der Waals surface area contributed by atoms with E-state index < -0.39 is 10.5 Å². The number of nitrogens with one attached hydrogen (secondary N) is 1. The predicted octanol–water partition coefficient (Wildman–Crippen LogP) is 3.74. The fraction of sp³-hybridized carbons (Fsp3) is 0.333. The molecule has 0 aromatic heterocycles. The third-order valence-electron chi connectivity index (χ3n) is 4.80. The van der Waals surface area contributed by atoms with Gasteiger partial charge in [-0.15, -0.1) is 0 Å². The molecule has 1 N–H and O–H groups in total. The third-order valence-corrected chi connectivity index (χ3v) is 4.80. The molecule has 2 aromatic rings. The first kappa shape index (κ1) is 20.3. The van der Waals surface area contributed by atoms with Crippen molar-refractivity contribution in [2.75, 3.05) is 16.8 Å². The summed E-state index contributed by atoms with van der Waals surface area (Å²) >= 11 is 0. The van der Waals surface area contributed by atoms with Crippen molar-refractivity contribution in [1.29, 1.82) is 0 Å². The molecular weight excluding hydrogens is 374 g/mol. The Labute approximate surface area is 168 Å². The lowest BCUT2D eigenvalue weighted by Gasteiger charge is -2.38. The van der Waals surface area contributed by atoms with Crippen LogP contribution in [0.5, 0.6) is 5.75 Å². The zero-order valence-electron chi connectivity index (χ0n) is 16.8. The highest BCUT2D eigenvalue weighted by Gasteiger charge is 2.40. The third kappa shape index (κ3) is 4.21. The molecule has 0 fully saturated rings. The minimum Gasteiger partial charge on any atom is -0.476 e. The van der Waals surface area contributed by atoms with Gasteiger partial charge in [0.15, 0.2) is 5.60 Å². The van der Waals surface area contributed by atoms with Crippen molar-refractivity contribution < 1.29 is 19.2 Å². The minimum atomic E-state index is -1.03. The van der Waals surface area contributed by atoms with Crippen LogP contribution in [0.1, 0.15) is 31.4 Å². The quantitative estimate of drug-likeness (QED) is 0.612. The number of carbonyl (C=O) groups is 2. The Kier molecular flexibility index (Phi) is 5.28. The van der Waals surface area contributed by atoms with E-state index in [0.717, 1.165) is 5.56 Å². The maximum absolute atomic E-state index is 12.9. The zero-order chi connectivity index (χ0) is 21.3. The number of amides is 2. The summed E-state index contributed by atoms with van der Waals surface area (Å²) in [6.07, 6.45) is 0.0390. The normalized spacial score (nSPS) is 14.8. The van der Waals surface area contributed by atoms with E-state index in [4.69, 9.17) is 4.74 Å². The van der Waals surface area contributed by atoms with Crippen molar-refractivity contribution in [1.82, 2.24) is 0 Å². The molecule has 0 saturated heterocycles. The van der Waals surface area contributed by atoms with Gasteiger partial charge < -0.3 is 15.0 Å². The first-order valence-electron chi connectivity index (χ1n) is 9.25. The standard InChI is InChI=1S/C21H23N3O5/c1-13-5-8-18-17(11-13)23(20(26)21(3,4)29-18)10-9-19(25)22-16-12-15(24(27)28)7-6-14(16)2/h5-8,11-12H,9-10H2,1-4H3,(H,22,25). The lowest BCUT2D eigenvalue weighted by Crippen LogP contribution is -2.53. The number of nitro groups is 1. The van der Waals surface area contributed by atoms with Gasteiger partial charge >= 0.3 is 0 Å². The second-order valence-electron chi connectivity index (χ2n) is 7.59. The second-order valence-corrected chi connectivity index (χ2v) is 7.59. The van der Waals surface area contributed by atoms with E-state index in [1.165, 1.54) is 12.1 Å². The molecule has 0 unspecified atom stereocenters. The lowest BCUT2D eigenvalue weighted by atomic mass is 10.0. The minimum absolute atomic E-state index is 0.0390. The Morgan fingerprint density at radius 3 is 2.62 bits per heavy atom. The van der Waals surface area contributed by atoms with Crippen LogP contribution in [0.15, 0.2) is 36.4 Å². The highest BCUT2D eigenvalue weighted by molar-refractivity contribution is 6.03. The molecule has 0 bridgehead atoms. The highest BCUT2D eigenvalue weighted by atomic mass is 16.6. The van der Waals surface area contributed by atoms with Crippen LogP contribution in [0.3, 0.4) is 0 Å². The number of benzene rings is 2. The van der Waals surface area contributed by atoms with Crippen molar-refractivity contribution in [3.8, 4) is 5.75 Å². The largest absolute Gasteiger partial charge is 0.476 e. The summed E-state index contributed by atoms with van der Waals surface area (Å²) in [5.74, 6) is 0.0324. The number of fused-ring (bicyclic) bond motifs is 1. The Bertz CT molecular complexity index is 1000. The number of hydrogen-bond donors (Lipinski definition) is 1. The first-order valence-corrected chi connectivity index (χ1v) is 9.25. The van der Waals surface area contributed by atoms with Gasteiger partial charge in [0.1, 0.15) is 5.75 Å². The number of nitro benzene ring substituents is 1. The van der Waals surface area contributed by atoms with Crippen molar-refractivity contribution in [2.45, 2.75) is 39.7 Å². The molecule has 1 heterocycles. The van der Waals surface area contributed by atoms with Crippen molar-refractivity contribution in [2.24, 2.45) is 0 Å². The van der Waals surface area contributed by atoms with Crippen LogP contribution >= 0.6 is 0 Å². The van der Waals surface area contributed by atoms with Crippen LogP contribution in [0, 0.1) is 24.0 Å². The summed E-state index contributed by atoms with van der Waals surface area (Å²) < 4.78 is 5.81. The number of rotatable bonds is 5. The summed E-state index contributed by atoms with van der Waals surface area (Å²) in [5.41, 5.74) is 1.58.